The normalized spacial score (nSPS) is 15.6. The number of aromatic nitrogens is 3. The number of benzene rings is 1. The molecule has 4 rings (SSSR count). The number of carbonyl (C=O) groups excluding carboxylic acids is 1. The Morgan fingerprint density at radius 1 is 1.26 bits per heavy atom. The van der Waals surface area contributed by atoms with Gasteiger partial charge in [-0.3, -0.25) is 4.98 Å². The summed E-state index contributed by atoms with van der Waals surface area (Å²) >= 11 is 1.47. The number of thiazole rings is 1. The molecule has 178 valence electrons. The molecule has 1 saturated heterocycles. The van der Waals surface area contributed by atoms with Gasteiger partial charge in [-0.15, -0.1) is 11.3 Å². The number of rotatable bonds is 6. The SMILES string of the molecule is CC(c1cc(N2CCOC[C@@H]2C)nc(-c2ccc(NC(=O)NCc3cncs3)cc2)n1)=S(=O)=O. The molecule has 0 aliphatic carbocycles. The second kappa shape index (κ2) is 10.7. The Bertz CT molecular complexity index is 1290. The third kappa shape index (κ3) is 5.76. The fourth-order valence-corrected chi connectivity index (χ4v) is 4.23. The van der Waals surface area contributed by atoms with Gasteiger partial charge in [0.1, 0.15) is 5.82 Å². The Kier molecular flexibility index (Phi) is 7.50. The van der Waals surface area contributed by atoms with Gasteiger partial charge in [0.25, 0.3) is 0 Å². The molecule has 2 N–H and O–H groups in total. The second-order valence-corrected chi connectivity index (χ2v) is 9.75. The summed E-state index contributed by atoms with van der Waals surface area (Å²) in [6.45, 7) is 5.73. The van der Waals surface area contributed by atoms with E-state index >= 15 is 0 Å². The lowest BCUT2D eigenvalue weighted by Gasteiger charge is -2.34. The molecule has 34 heavy (non-hydrogen) atoms. The highest BCUT2D eigenvalue weighted by Crippen LogP contribution is 2.24. The monoisotopic (exact) mass is 500 g/mol. The van der Waals surface area contributed by atoms with Gasteiger partial charge in [-0.1, -0.05) is 0 Å². The molecule has 1 atom stereocenters. The number of amides is 2. The zero-order valence-corrected chi connectivity index (χ0v) is 20.3. The van der Waals surface area contributed by atoms with Crippen molar-refractivity contribution in [1.82, 2.24) is 20.3 Å². The number of ether oxygens (including phenoxy) is 1. The van der Waals surface area contributed by atoms with E-state index < -0.39 is 10.3 Å². The smallest absolute Gasteiger partial charge is 0.319 e. The standard InChI is InChI=1S/C22H24N6O4S2/c1-14-12-32-8-7-28(14)20-9-19(15(2)34(30)31)26-21(27-20)16-3-5-17(6-4-16)25-22(29)24-11-18-10-23-13-33-18/h3-6,9-10,13-14H,7-8,11-12H2,1-2H3,(H2,24,25,29)/t14-/m0/s1. The van der Waals surface area contributed by atoms with Crippen LogP contribution in [-0.4, -0.2) is 60.1 Å². The highest BCUT2D eigenvalue weighted by atomic mass is 32.2. The first-order valence-electron chi connectivity index (χ1n) is 10.6. The number of hydrogen-bond acceptors (Lipinski definition) is 9. The Hall–Kier alpha value is -3.35. The molecule has 2 aromatic heterocycles. The molecule has 0 spiro atoms. The number of hydrogen-bond donors (Lipinski definition) is 2. The predicted octanol–water partition coefficient (Wildman–Crippen LogP) is 2.57. The van der Waals surface area contributed by atoms with Crippen LogP contribution in [-0.2, 0) is 21.6 Å². The molecule has 2 amide bonds. The van der Waals surface area contributed by atoms with Gasteiger partial charge in [0.2, 0.25) is 10.3 Å². The van der Waals surface area contributed by atoms with Crippen molar-refractivity contribution in [2.75, 3.05) is 30.0 Å². The van der Waals surface area contributed by atoms with Gasteiger partial charge in [0, 0.05) is 34.9 Å². The molecule has 12 heteroatoms. The number of nitrogens with one attached hydrogen (secondary N) is 2. The Labute approximate surface area is 202 Å². The van der Waals surface area contributed by atoms with E-state index in [0.29, 0.717) is 54.9 Å². The first-order valence-corrected chi connectivity index (χ1v) is 12.6. The fourth-order valence-electron chi connectivity index (χ4n) is 3.42. The van der Waals surface area contributed by atoms with Gasteiger partial charge in [0.15, 0.2) is 5.82 Å². The van der Waals surface area contributed by atoms with Crippen LogP contribution in [0.25, 0.3) is 11.4 Å². The number of anilines is 2. The van der Waals surface area contributed by atoms with Crippen molar-refractivity contribution in [2.24, 2.45) is 0 Å². The van der Waals surface area contributed by atoms with Crippen LogP contribution in [0.4, 0.5) is 16.3 Å². The van der Waals surface area contributed by atoms with Gasteiger partial charge in [0.05, 0.1) is 41.9 Å². The van der Waals surface area contributed by atoms with E-state index in [1.54, 1.807) is 42.0 Å². The van der Waals surface area contributed by atoms with Crippen LogP contribution in [0.1, 0.15) is 24.4 Å². The van der Waals surface area contributed by atoms with Gasteiger partial charge >= 0.3 is 6.03 Å². The van der Waals surface area contributed by atoms with E-state index in [9.17, 15) is 13.2 Å². The van der Waals surface area contributed by atoms with E-state index in [1.165, 1.54) is 18.3 Å². The van der Waals surface area contributed by atoms with Crippen LogP contribution in [0.15, 0.2) is 42.0 Å². The Morgan fingerprint density at radius 3 is 2.74 bits per heavy atom. The maximum Gasteiger partial charge on any atom is 0.319 e. The second-order valence-electron chi connectivity index (χ2n) is 7.70. The largest absolute Gasteiger partial charge is 0.377 e. The molecule has 0 saturated carbocycles. The van der Waals surface area contributed by atoms with Crippen LogP contribution in [0, 0.1) is 0 Å². The lowest BCUT2D eigenvalue weighted by molar-refractivity contribution is 0.0985. The number of morpholine rings is 1. The molecule has 0 unspecified atom stereocenters. The molecule has 1 aliphatic heterocycles. The summed E-state index contributed by atoms with van der Waals surface area (Å²) in [5.74, 6) is 1.04. The summed E-state index contributed by atoms with van der Waals surface area (Å²) in [5.41, 5.74) is 3.36. The molecule has 1 aliphatic rings. The minimum absolute atomic E-state index is 0.0949. The molecule has 0 radical (unpaired) electrons. The summed E-state index contributed by atoms with van der Waals surface area (Å²) < 4.78 is 28.7. The fraction of sp³-hybridized carbons (Fsp3) is 0.318. The van der Waals surface area contributed by atoms with Gasteiger partial charge in [-0.2, -0.15) is 8.42 Å². The lowest BCUT2D eigenvalue weighted by Crippen LogP contribution is -2.44. The van der Waals surface area contributed by atoms with E-state index in [0.717, 1.165) is 4.88 Å². The number of nitrogens with zero attached hydrogens (tertiary/aromatic N) is 4. The van der Waals surface area contributed by atoms with Crippen molar-refractivity contribution in [3.63, 3.8) is 0 Å². The summed E-state index contributed by atoms with van der Waals surface area (Å²) in [6, 6.07) is 8.53. The van der Waals surface area contributed by atoms with E-state index in [1.807, 2.05) is 6.92 Å². The maximum absolute atomic E-state index is 12.2. The summed E-state index contributed by atoms with van der Waals surface area (Å²) in [5, 5.41) is 5.56. The lowest BCUT2D eigenvalue weighted by atomic mass is 10.1. The van der Waals surface area contributed by atoms with Crippen LogP contribution in [0.5, 0.6) is 0 Å². The van der Waals surface area contributed by atoms with E-state index in [4.69, 9.17) is 9.72 Å². The summed E-state index contributed by atoms with van der Waals surface area (Å²) in [4.78, 5) is 28.5. The minimum Gasteiger partial charge on any atom is -0.377 e. The molecule has 0 bridgehead atoms. The van der Waals surface area contributed by atoms with Crippen LogP contribution in [0.3, 0.4) is 0 Å². The van der Waals surface area contributed by atoms with Crippen LogP contribution in [0.2, 0.25) is 0 Å². The van der Waals surface area contributed by atoms with Gasteiger partial charge in [-0.05, 0) is 38.1 Å². The van der Waals surface area contributed by atoms with Gasteiger partial charge < -0.3 is 20.3 Å². The zero-order valence-electron chi connectivity index (χ0n) is 18.7. The molecule has 1 fully saturated rings. The highest BCUT2D eigenvalue weighted by molar-refractivity contribution is 7.73. The molecule has 3 heterocycles. The van der Waals surface area contributed by atoms with Crippen LogP contribution >= 0.6 is 11.3 Å². The molecule has 1 aromatic carbocycles. The Balaban J connectivity index is 1.56. The highest BCUT2D eigenvalue weighted by Gasteiger charge is 2.22. The van der Waals surface area contributed by atoms with E-state index in [2.05, 4.69) is 25.5 Å². The zero-order chi connectivity index (χ0) is 24.1. The number of urea groups is 1. The Morgan fingerprint density at radius 2 is 2.06 bits per heavy atom. The van der Waals surface area contributed by atoms with Crippen molar-refractivity contribution in [2.45, 2.75) is 26.4 Å². The molecule has 3 aromatic rings. The molecular weight excluding hydrogens is 476 g/mol. The average molecular weight is 501 g/mol. The minimum atomic E-state index is -2.40. The van der Waals surface area contributed by atoms with Crippen molar-refractivity contribution < 1.29 is 17.9 Å². The first kappa shape index (κ1) is 23.8. The van der Waals surface area contributed by atoms with Crippen LogP contribution < -0.4 is 15.5 Å². The summed E-state index contributed by atoms with van der Waals surface area (Å²) in [7, 11) is -2.40. The quantitative estimate of drug-likeness (QED) is 0.391. The topological polar surface area (TPSA) is 126 Å². The molecular formula is C22H24N6O4S2. The third-order valence-corrected chi connectivity index (χ3v) is 6.78. The predicted molar refractivity (Wildman–Crippen MR) is 132 cm³/mol. The molecule has 10 nitrogen and oxygen atoms in total. The summed E-state index contributed by atoms with van der Waals surface area (Å²) in [6.07, 6.45) is 1.71. The first-order chi connectivity index (χ1) is 16.4. The van der Waals surface area contributed by atoms with Crippen molar-refractivity contribution >= 4 is 44.0 Å². The maximum atomic E-state index is 12.2. The van der Waals surface area contributed by atoms with Gasteiger partial charge in [-0.25, -0.2) is 14.8 Å². The average Bonchev–Trinajstić information content (AvgIpc) is 3.36. The number of carbonyl (C=O) groups is 1. The van der Waals surface area contributed by atoms with Crippen molar-refractivity contribution in [3.05, 3.63) is 52.6 Å². The van der Waals surface area contributed by atoms with Crippen molar-refractivity contribution in [3.8, 4) is 11.4 Å². The third-order valence-electron chi connectivity index (χ3n) is 5.29. The van der Waals surface area contributed by atoms with Crippen molar-refractivity contribution in [1.29, 1.82) is 0 Å². The van der Waals surface area contributed by atoms with E-state index in [-0.39, 0.29) is 16.9 Å².